The number of carbonyl (C=O) groups is 2. The van der Waals surface area contributed by atoms with Crippen LogP contribution in [0.4, 0.5) is 5.69 Å². The van der Waals surface area contributed by atoms with Crippen LogP contribution < -0.4 is 5.32 Å². The van der Waals surface area contributed by atoms with E-state index in [1.54, 1.807) is 6.92 Å². The summed E-state index contributed by atoms with van der Waals surface area (Å²) >= 11 is 0. The highest BCUT2D eigenvalue weighted by molar-refractivity contribution is 6.08. The van der Waals surface area contributed by atoms with E-state index in [9.17, 15) is 9.59 Å². The van der Waals surface area contributed by atoms with Gasteiger partial charge in [0.25, 0.3) is 5.91 Å². The number of oxazole rings is 1. The monoisotopic (exact) mass is 429 g/mol. The molecule has 1 N–H and O–H groups in total. The Hall–Kier alpha value is -3.41. The molecule has 6 heteroatoms. The zero-order chi connectivity index (χ0) is 22.3. The zero-order valence-corrected chi connectivity index (χ0v) is 18.4. The van der Waals surface area contributed by atoms with E-state index < -0.39 is 5.41 Å². The number of carbonyl (C=O) groups excluding carboxylic acids is 2. The van der Waals surface area contributed by atoms with Gasteiger partial charge in [-0.15, -0.1) is 0 Å². The van der Waals surface area contributed by atoms with E-state index in [0.717, 1.165) is 17.7 Å². The number of hydrogen-bond acceptors (Lipinski definition) is 4. The molecule has 3 heterocycles. The van der Waals surface area contributed by atoms with Gasteiger partial charge >= 0.3 is 0 Å². The first-order chi connectivity index (χ1) is 15.5. The number of anilines is 1. The average Bonchev–Trinajstić information content (AvgIpc) is 3.47. The number of benzene rings is 2. The maximum absolute atomic E-state index is 13.6. The fraction of sp³-hybridized carbons (Fsp3) is 0.346. The van der Waals surface area contributed by atoms with E-state index >= 15 is 0 Å². The third kappa shape index (κ3) is 3.13. The second-order valence-corrected chi connectivity index (χ2v) is 8.64. The average molecular weight is 430 g/mol. The Morgan fingerprint density at radius 2 is 1.94 bits per heavy atom. The van der Waals surface area contributed by atoms with Crippen LogP contribution in [0.25, 0.3) is 0 Å². The van der Waals surface area contributed by atoms with Crippen LogP contribution in [0, 0.1) is 6.92 Å². The summed E-state index contributed by atoms with van der Waals surface area (Å²) < 4.78 is 5.79. The van der Waals surface area contributed by atoms with Crippen LogP contribution in [0.2, 0.25) is 0 Å². The molecular weight excluding hydrogens is 402 g/mol. The number of hydrogen-bond donors (Lipinski definition) is 1. The predicted molar refractivity (Wildman–Crippen MR) is 122 cm³/mol. The molecular formula is C26H27N3O3. The number of amides is 2. The molecule has 32 heavy (non-hydrogen) atoms. The number of likely N-dealkylation sites (tertiary alicyclic amines) is 1. The Morgan fingerprint density at radius 1 is 1.19 bits per heavy atom. The lowest BCUT2D eigenvalue weighted by molar-refractivity contribution is -0.121. The van der Waals surface area contributed by atoms with Crippen molar-refractivity contribution < 1.29 is 14.0 Å². The van der Waals surface area contributed by atoms with Gasteiger partial charge in [-0.1, -0.05) is 55.5 Å². The molecule has 1 fully saturated rings. The molecule has 1 aromatic heterocycles. The molecule has 0 aliphatic carbocycles. The highest BCUT2D eigenvalue weighted by atomic mass is 16.4. The highest BCUT2D eigenvalue weighted by Crippen LogP contribution is 2.49. The summed E-state index contributed by atoms with van der Waals surface area (Å²) in [6.45, 7) is 4.26. The van der Waals surface area contributed by atoms with E-state index in [1.165, 1.54) is 5.56 Å². The van der Waals surface area contributed by atoms with E-state index in [2.05, 4.69) is 22.4 Å². The van der Waals surface area contributed by atoms with Crippen LogP contribution >= 0.6 is 0 Å². The summed E-state index contributed by atoms with van der Waals surface area (Å²) in [7, 11) is 0. The molecule has 2 atom stereocenters. The Bertz CT molecular complexity index is 1170. The maximum Gasteiger partial charge on any atom is 0.291 e. The number of nitrogens with zero attached hydrogens (tertiary/aromatic N) is 2. The van der Waals surface area contributed by atoms with E-state index in [-0.39, 0.29) is 23.6 Å². The summed E-state index contributed by atoms with van der Waals surface area (Å²) in [5.74, 6) is 0.650. The molecule has 0 unspecified atom stereocenters. The Kier molecular flexibility index (Phi) is 5.08. The number of para-hydroxylation sites is 1. The Labute approximate surface area is 187 Å². The van der Waals surface area contributed by atoms with Crippen LogP contribution in [0.1, 0.15) is 53.0 Å². The molecule has 0 saturated carbocycles. The van der Waals surface area contributed by atoms with Crippen molar-refractivity contribution in [3.05, 3.63) is 83.1 Å². The number of fused-ring (bicyclic) bond motifs is 2. The van der Waals surface area contributed by atoms with Gasteiger partial charge in [-0.05, 0) is 43.4 Å². The molecule has 2 aliphatic rings. The maximum atomic E-state index is 13.6. The standard InChI is InChI=1S/C26H27N3O3/c1-3-22-27-17(2)23(32-22)24(30)29-16-15-26(19-11-7-8-12-20(19)28-25(26)31)21(29)14-13-18-9-5-4-6-10-18/h4-12,21H,3,13-16H2,1-2H3,(H,28,31)/t21-,26-/m0/s1. The zero-order valence-electron chi connectivity index (χ0n) is 18.4. The molecule has 164 valence electrons. The lowest BCUT2D eigenvalue weighted by Gasteiger charge is -2.34. The lowest BCUT2D eigenvalue weighted by Crippen LogP contribution is -2.49. The van der Waals surface area contributed by atoms with Gasteiger partial charge in [0.15, 0.2) is 5.89 Å². The van der Waals surface area contributed by atoms with Gasteiger partial charge in [0.05, 0.1) is 17.2 Å². The fourth-order valence-electron chi connectivity index (χ4n) is 5.33. The first kappa shape index (κ1) is 20.5. The molecule has 6 nitrogen and oxygen atoms in total. The fourth-order valence-corrected chi connectivity index (χ4v) is 5.33. The van der Waals surface area contributed by atoms with Crippen LogP contribution in [0.3, 0.4) is 0 Å². The number of nitrogens with one attached hydrogen (secondary N) is 1. The number of rotatable bonds is 5. The molecule has 0 bridgehead atoms. The van der Waals surface area contributed by atoms with Crippen molar-refractivity contribution in [2.45, 2.75) is 51.0 Å². The smallest absolute Gasteiger partial charge is 0.291 e. The van der Waals surface area contributed by atoms with Gasteiger partial charge in [-0.2, -0.15) is 0 Å². The van der Waals surface area contributed by atoms with Crippen molar-refractivity contribution >= 4 is 17.5 Å². The summed E-state index contributed by atoms with van der Waals surface area (Å²) in [5, 5.41) is 3.07. The summed E-state index contributed by atoms with van der Waals surface area (Å²) in [6, 6.07) is 17.8. The van der Waals surface area contributed by atoms with Crippen molar-refractivity contribution in [2.75, 3.05) is 11.9 Å². The second-order valence-electron chi connectivity index (χ2n) is 8.64. The van der Waals surface area contributed by atoms with Crippen LogP contribution in [-0.4, -0.2) is 34.3 Å². The van der Waals surface area contributed by atoms with Gasteiger partial charge in [0.2, 0.25) is 11.7 Å². The molecule has 0 radical (unpaired) electrons. The van der Waals surface area contributed by atoms with Crippen molar-refractivity contribution in [3.8, 4) is 0 Å². The van der Waals surface area contributed by atoms with E-state index in [4.69, 9.17) is 4.42 Å². The van der Waals surface area contributed by atoms with Gasteiger partial charge in [0, 0.05) is 18.7 Å². The molecule has 2 aliphatic heterocycles. The molecule has 1 spiro atoms. The van der Waals surface area contributed by atoms with Crippen molar-refractivity contribution in [2.24, 2.45) is 0 Å². The summed E-state index contributed by atoms with van der Waals surface area (Å²) in [5.41, 5.74) is 2.88. The second kappa shape index (κ2) is 7.93. The first-order valence-electron chi connectivity index (χ1n) is 11.3. The van der Waals surface area contributed by atoms with Gasteiger partial charge in [0.1, 0.15) is 0 Å². The van der Waals surface area contributed by atoms with Crippen LogP contribution in [0.5, 0.6) is 0 Å². The summed E-state index contributed by atoms with van der Waals surface area (Å²) in [4.78, 5) is 33.3. The lowest BCUT2D eigenvalue weighted by atomic mass is 9.73. The van der Waals surface area contributed by atoms with Gasteiger partial charge in [-0.25, -0.2) is 4.98 Å². The molecule has 5 rings (SSSR count). The third-order valence-corrected chi connectivity index (χ3v) is 6.90. The van der Waals surface area contributed by atoms with Crippen molar-refractivity contribution in [1.29, 1.82) is 0 Å². The van der Waals surface area contributed by atoms with Gasteiger partial charge < -0.3 is 14.6 Å². The topological polar surface area (TPSA) is 75.4 Å². The molecule has 2 aromatic carbocycles. The molecule has 3 aromatic rings. The number of aromatic nitrogens is 1. The minimum absolute atomic E-state index is 0.0180. The minimum Gasteiger partial charge on any atom is -0.435 e. The SMILES string of the molecule is CCc1nc(C)c(C(=O)N2CC[C@@]3(C(=O)Nc4ccccc43)[C@@H]2CCc2ccccc2)o1. The molecule has 2 amide bonds. The minimum atomic E-state index is -0.747. The normalized spacial score (nSPS) is 21.8. The van der Waals surface area contributed by atoms with Crippen LogP contribution in [-0.2, 0) is 23.1 Å². The third-order valence-electron chi connectivity index (χ3n) is 6.90. The van der Waals surface area contributed by atoms with Crippen molar-refractivity contribution in [3.63, 3.8) is 0 Å². The van der Waals surface area contributed by atoms with E-state index in [1.807, 2.05) is 54.3 Å². The van der Waals surface area contributed by atoms with Gasteiger partial charge in [-0.3, -0.25) is 9.59 Å². The summed E-state index contributed by atoms with van der Waals surface area (Å²) in [6.07, 6.45) is 2.69. The largest absolute Gasteiger partial charge is 0.435 e. The van der Waals surface area contributed by atoms with Crippen molar-refractivity contribution in [1.82, 2.24) is 9.88 Å². The molecule has 1 saturated heterocycles. The Balaban J connectivity index is 1.54. The first-order valence-corrected chi connectivity index (χ1v) is 11.3. The quantitative estimate of drug-likeness (QED) is 0.657. The Morgan fingerprint density at radius 3 is 2.69 bits per heavy atom. The number of aryl methyl sites for hydroxylation is 3. The highest BCUT2D eigenvalue weighted by Gasteiger charge is 2.58. The van der Waals surface area contributed by atoms with E-state index in [0.29, 0.717) is 37.4 Å². The predicted octanol–water partition coefficient (Wildman–Crippen LogP) is 4.28. The van der Waals surface area contributed by atoms with Crippen LogP contribution in [0.15, 0.2) is 59.0 Å².